The Bertz CT molecular complexity index is 503. The normalized spacial score (nSPS) is 19.6. The Morgan fingerprint density at radius 3 is 2.60 bits per heavy atom. The second kappa shape index (κ2) is 5.85. The lowest BCUT2D eigenvalue weighted by Gasteiger charge is -2.43. The van der Waals surface area contributed by atoms with E-state index in [1.54, 1.807) is 6.92 Å². The average molecular weight is 285 g/mol. The molecular weight excluding hydrogens is 268 g/mol. The zero-order valence-corrected chi connectivity index (χ0v) is 11.2. The lowest BCUT2D eigenvalue weighted by atomic mass is 9.85. The number of carboxylic acid groups (broad SMARTS) is 1. The molecule has 1 saturated heterocycles. The summed E-state index contributed by atoms with van der Waals surface area (Å²) < 4.78 is 32.4. The molecule has 110 valence electrons. The SMILES string of the molecule is CC(CC(=O)O)(c1ccc(F)cc1F)N1CCOCC1. The Labute approximate surface area is 116 Å². The molecule has 1 aliphatic rings. The predicted octanol–water partition coefficient (Wildman–Crippen LogP) is 1.99. The minimum Gasteiger partial charge on any atom is -0.481 e. The lowest BCUT2D eigenvalue weighted by Crippen LogP contribution is -2.51. The molecule has 1 N–H and O–H groups in total. The van der Waals surface area contributed by atoms with Crippen LogP contribution in [0.5, 0.6) is 0 Å². The number of carbonyl (C=O) groups is 1. The van der Waals surface area contributed by atoms with Gasteiger partial charge in [0.2, 0.25) is 0 Å². The molecule has 0 aromatic heterocycles. The van der Waals surface area contributed by atoms with Crippen LogP contribution in [0.1, 0.15) is 18.9 Å². The van der Waals surface area contributed by atoms with E-state index >= 15 is 0 Å². The smallest absolute Gasteiger partial charge is 0.305 e. The second-order valence-electron chi connectivity index (χ2n) is 5.07. The second-order valence-corrected chi connectivity index (χ2v) is 5.07. The Hall–Kier alpha value is -1.53. The van der Waals surface area contributed by atoms with Crippen molar-refractivity contribution in [1.82, 2.24) is 4.90 Å². The van der Waals surface area contributed by atoms with E-state index in [4.69, 9.17) is 9.84 Å². The standard InChI is InChI=1S/C14H17F2NO3/c1-14(9-13(18)19,17-4-6-20-7-5-17)11-3-2-10(15)8-12(11)16/h2-3,8H,4-7,9H2,1H3,(H,18,19). The molecule has 0 radical (unpaired) electrons. The van der Waals surface area contributed by atoms with Crippen LogP contribution in [0, 0.1) is 11.6 Å². The highest BCUT2D eigenvalue weighted by atomic mass is 19.1. The number of benzene rings is 1. The van der Waals surface area contributed by atoms with Crippen molar-refractivity contribution in [2.24, 2.45) is 0 Å². The van der Waals surface area contributed by atoms with Crippen LogP contribution in [-0.2, 0) is 15.1 Å². The highest BCUT2D eigenvalue weighted by Crippen LogP contribution is 2.34. The first-order chi connectivity index (χ1) is 9.43. The Kier molecular flexibility index (Phi) is 4.35. The Balaban J connectivity index is 2.41. The molecule has 1 fully saturated rings. The summed E-state index contributed by atoms with van der Waals surface area (Å²) in [6, 6.07) is 3.26. The van der Waals surface area contributed by atoms with Gasteiger partial charge in [0.05, 0.1) is 25.2 Å². The summed E-state index contributed by atoms with van der Waals surface area (Å²) in [5.41, 5.74) is -0.823. The van der Waals surface area contributed by atoms with Crippen molar-refractivity contribution < 1.29 is 23.4 Å². The van der Waals surface area contributed by atoms with E-state index in [1.165, 1.54) is 6.07 Å². The van der Waals surface area contributed by atoms with Crippen molar-refractivity contribution in [2.45, 2.75) is 18.9 Å². The van der Waals surface area contributed by atoms with Gasteiger partial charge in [-0.25, -0.2) is 8.78 Å². The monoisotopic (exact) mass is 285 g/mol. The van der Waals surface area contributed by atoms with Crippen molar-refractivity contribution in [1.29, 1.82) is 0 Å². The van der Waals surface area contributed by atoms with E-state index in [0.717, 1.165) is 12.1 Å². The fourth-order valence-electron chi connectivity index (χ4n) is 2.65. The molecule has 1 unspecified atom stereocenters. The molecule has 1 atom stereocenters. The van der Waals surface area contributed by atoms with E-state index in [1.807, 2.05) is 4.90 Å². The van der Waals surface area contributed by atoms with E-state index in [0.29, 0.717) is 26.3 Å². The van der Waals surface area contributed by atoms with Gasteiger partial charge in [0, 0.05) is 24.7 Å². The van der Waals surface area contributed by atoms with Crippen LogP contribution in [0.25, 0.3) is 0 Å². The van der Waals surface area contributed by atoms with E-state index in [9.17, 15) is 13.6 Å². The number of hydrogen-bond donors (Lipinski definition) is 1. The van der Waals surface area contributed by atoms with Crippen LogP contribution in [0.15, 0.2) is 18.2 Å². The summed E-state index contributed by atoms with van der Waals surface area (Å²) in [5, 5.41) is 9.13. The lowest BCUT2D eigenvalue weighted by molar-refractivity contribution is -0.141. The fraction of sp³-hybridized carbons (Fsp3) is 0.500. The maximum atomic E-state index is 14.1. The summed E-state index contributed by atoms with van der Waals surface area (Å²) in [5.74, 6) is -2.42. The topological polar surface area (TPSA) is 49.8 Å². The van der Waals surface area contributed by atoms with Gasteiger partial charge in [0.15, 0.2) is 0 Å². The van der Waals surface area contributed by atoms with E-state index in [-0.39, 0.29) is 12.0 Å². The first-order valence-electron chi connectivity index (χ1n) is 6.43. The molecule has 0 spiro atoms. The molecule has 1 aliphatic heterocycles. The van der Waals surface area contributed by atoms with Gasteiger partial charge in [-0.3, -0.25) is 9.69 Å². The van der Waals surface area contributed by atoms with Crippen LogP contribution >= 0.6 is 0 Å². The Morgan fingerprint density at radius 1 is 1.40 bits per heavy atom. The minimum atomic E-state index is -1.03. The van der Waals surface area contributed by atoms with Crippen molar-refractivity contribution in [3.63, 3.8) is 0 Å². The fourth-order valence-corrected chi connectivity index (χ4v) is 2.65. The van der Waals surface area contributed by atoms with Crippen molar-refractivity contribution >= 4 is 5.97 Å². The van der Waals surface area contributed by atoms with Crippen LogP contribution in [0.3, 0.4) is 0 Å². The summed E-state index contributed by atoms with van der Waals surface area (Å²) in [6.07, 6.45) is -0.254. The molecule has 1 aromatic carbocycles. The molecule has 1 aromatic rings. The van der Waals surface area contributed by atoms with Crippen molar-refractivity contribution in [3.05, 3.63) is 35.4 Å². The van der Waals surface area contributed by atoms with E-state index < -0.39 is 23.1 Å². The number of ether oxygens (including phenoxy) is 1. The van der Waals surface area contributed by atoms with Crippen LogP contribution in [0.2, 0.25) is 0 Å². The molecule has 1 heterocycles. The number of halogens is 2. The molecule has 4 nitrogen and oxygen atoms in total. The molecule has 0 aliphatic carbocycles. The van der Waals surface area contributed by atoms with Gasteiger partial charge in [0.25, 0.3) is 0 Å². The molecule has 6 heteroatoms. The van der Waals surface area contributed by atoms with Crippen LogP contribution in [0.4, 0.5) is 8.78 Å². The first-order valence-corrected chi connectivity index (χ1v) is 6.43. The quantitative estimate of drug-likeness (QED) is 0.919. The van der Waals surface area contributed by atoms with Crippen LogP contribution in [-0.4, -0.2) is 42.3 Å². The largest absolute Gasteiger partial charge is 0.481 e. The third-order valence-corrected chi connectivity index (χ3v) is 3.72. The number of hydrogen-bond acceptors (Lipinski definition) is 3. The van der Waals surface area contributed by atoms with Gasteiger partial charge in [-0.15, -0.1) is 0 Å². The third kappa shape index (κ3) is 2.96. The molecule has 0 saturated carbocycles. The number of nitrogens with zero attached hydrogens (tertiary/aromatic N) is 1. The average Bonchev–Trinajstić information content (AvgIpc) is 2.38. The molecule has 2 rings (SSSR count). The summed E-state index contributed by atoms with van der Waals surface area (Å²) >= 11 is 0. The number of carboxylic acids is 1. The van der Waals surface area contributed by atoms with Gasteiger partial charge < -0.3 is 9.84 Å². The van der Waals surface area contributed by atoms with Gasteiger partial charge >= 0.3 is 5.97 Å². The number of rotatable bonds is 4. The number of morpholine rings is 1. The Morgan fingerprint density at radius 2 is 2.05 bits per heavy atom. The van der Waals surface area contributed by atoms with E-state index in [2.05, 4.69) is 0 Å². The summed E-state index contributed by atoms with van der Waals surface area (Å²) in [4.78, 5) is 13.0. The highest BCUT2D eigenvalue weighted by Gasteiger charge is 2.38. The molecule has 20 heavy (non-hydrogen) atoms. The molecule has 0 bridgehead atoms. The van der Waals surface area contributed by atoms with Crippen molar-refractivity contribution in [3.8, 4) is 0 Å². The highest BCUT2D eigenvalue weighted by molar-refractivity contribution is 5.69. The predicted molar refractivity (Wildman–Crippen MR) is 68.4 cm³/mol. The third-order valence-electron chi connectivity index (χ3n) is 3.72. The van der Waals surface area contributed by atoms with Crippen molar-refractivity contribution in [2.75, 3.05) is 26.3 Å². The van der Waals surface area contributed by atoms with Gasteiger partial charge in [-0.2, -0.15) is 0 Å². The summed E-state index contributed by atoms with van der Waals surface area (Å²) in [7, 11) is 0. The van der Waals surface area contributed by atoms with Crippen LogP contribution < -0.4 is 0 Å². The minimum absolute atomic E-state index is 0.197. The number of aliphatic carboxylic acids is 1. The summed E-state index contributed by atoms with van der Waals surface area (Å²) in [6.45, 7) is 3.64. The zero-order chi connectivity index (χ0) is 14.8. The zero-order valence-electron chi connectivity index (χ0n) is 11.2. The molecule has 0 amide bonds. The first kappa shape index (κ1) is 14.9. The van der Waals surface area contributed by atoms with Gasteiger partial charge in [-0.1, -0.05) is 6.07 Å². The maximum Gasteiger partial charge on any atom is 0.305 e. The maximum absolute atomic E-state index is 14.1. The molecular formula is C14H17F2NO3. The van der Waals surface area contributed by atoms with Gasteiger partial charge in [-0.05, 0) is 13.0 Å². The van der Waals surface area contributed by atoms with Gasteiger partial charge in [0.1, 0.15) is 11.6 Å².